The number of nitrogens with one attached hydrogen (secondary N) is 2. The fourth-order valence-corrected chi connectivity index (χ4v) is 3.19. The Balaban J connectivity index is 1.18. The maximum absolute atomic E-state index is 13.4. The van der Waals surface area contributed by atoms with Gasteiger partial charge in [-0.3, -0.25) is 4.79 Å². The molecule has 1 amide bonds. The molecular weight excluding hydrogens is 403 g/mol. The number of benzene rings is 1. The zero-order valence-electron chi connectivity index (χ0n) is 15.7. The highest BCUT2D eigenvalue weighted by Crippen LogP contribution is 2.30. The van der Waals surface area contributed by atoms with Gasteiger partial charge >= 0.3 is 6.08 Å². The number of piperidine rings is 1. The highest BCUT2D eigenvalue weighted by atomic mass is 35.5. The average molecular weight is 425 g/mol. The molecule has 29 heavy (non-hydrogen) atoms. The van der Waals surface area contributed by atoms with Crippen LogP contribution in [0.1, 0.15) is 37.6 Å². The molecule has 0 spiro atoms. The minimum Gasteiger partial charge on any atom is -0.484 e. The van der Waals surface area contributed by atoms with Crippen LogP contribution in [0.15, 0.2) is 22.6 Å². The molecule has 1 saturated heterocycles. The quantitative estimate of drug-likeness (QED) is 0.672. The van der Waals surface area contributed by atoms with E-state index in [9.17, 15) is 9.18 Å². The molecule has 2 atom stereocenters. The lowest BCUT2D eigenvalue weighted by atomic mass is 10.0. The lowest BCUT2D eigenvalue weighted by Crippen LogP contribution is -2.48. The van der Waals surface area contributed by atoms with E-state index in [4.69, 9.17) is 25.5 Å². The van der Waals surface area contributed by atoms with Gasteiger partial charge in [0.2, 0.25) is 5.89 Å². The van der Waals surface area contributed by atoms with Crippen LogP contribution in [0.5, 0.6) is 11.8 Å². The predicted octanol–water partition coefficient (Wildman–Crippen LogP) is 2.64. The maximum atomic E-state index is 13.4. The molecule has 1 saturated carbocycles. The first kappa shape index (κ1) is 19.9. The molecule has 0 unspecified atom stereocenters. The summed E-state index contributed by atoms with van der Waals surface area (Å²) in [6.07, 6.45) is 4.08. The zero-order valence-corrected chi connectivity index (χ0v) is 16.5. The lowest BCUT2D eigenvalue weighted by molar-refractivity contribution is -0.124. The van der Waals surface area contributed by atoms with Crippen LogP contribution in [0.4, 0.5) is 4.39 Å². The SMILES string of the molecule is O=C(COc1ccc(Cl)c(F)c1)N[C@H]1CC[C@H](c2nnc(OCC3CC3)o2)NC1. The number of carbonyl (C=O) groups excluding carboxylic acids is 1. The molecule has 0 radical (unpaired) electrons. The second kappa shape index (κ2) is 8.96. The fraction of sp³-hybridized carbons (Fsp3) is 0.526. The molecule has 1 aromatic carbocycles. The normalized spacial score (nSPS) is 21.6. The first-order valence-electron chi connectivity index (χ1n) is 9.63. The van der Waals surface area contributed by atoms with Gasteiger partial charge < -0.3 is 24.5 Å². The van der Waals surface area contributed by atoms with Crippen molar-refractivity contribution in [1.82, 2.24) is 20.8 Å². The molecule has 0 bridgehead atoms. The number of hydrogen-bond acceptors (Lipinski definition) is 7. The Morgan fingerprint density at radius 2 is 2.14 bits per heavy atom. The minimum atomic E-state index is -0.589. The van der Waals surface area contributed by atoms with E-state index in [0.717, 1.165) is 18.9 Å². The highest BCUT2D eigenvalue weighted by Gasteiger charge is 2.28. The Labute approximate surface area is 172 Å². The number of hydrogen-bond donors (Lipinski definition) is 2. The van der Waals surface area contributed by atoms with Gasteiger partial charge in [0.05, 0.1) is 17.7 Å². The van der Waals surface area contributed by atoms with Gasteiger partial charge in [-0.05, 0) is 43.7 Å². The summed E-state index contributed by atoms with van der Waals surface area (Å²) in [6, 6.07) is 3.93. The van der Waals surface area contributed by atoms with Crippen molar-refractivity contribution in [2.75, 3.05) is 19.8 Å². The van der Waals surface area contributed by atoms with Gasteiger partial charge in [-0.2, -0.15) is 0 Å². The fourth-order valence-electron chi connectivity index (χ4n) is 3.07. The molecule has 2 aromatic rings. The first-order chi connectivity index (χ1) is 14.1. The summed E-state index contributed by atoms with van der Waals surface area (Å²) in [4.78, 5) is 12.1. The molecule has 2 heterocycles. The third-order valence-electron chi connectivity index (χ3n) is 4.90. The van der Waals surface area contributed by atoms with E-state index in [1.54, 1.807) is 0 Å². The summed E-state index contributed by atoms with van der Waals surface area (Å²) in [5.74, 6) is 0.493. The third kappa shape index (κ3) is 5.57. The van der Waals surface area contributed by atoms with Crippen LogP contribution in [0.2, 0.25) is 5.02 Å². The van der Waals surface area contributed by atoms with Crippen LogP contribution in [-0.2, 0) is 4.79 Å². The van der Waals surface area contributed by atoms with Gasteiger partial charge in [0.1, 0.15) is 11.6 Å². The molecule has 1 aliphatic carbocycles. The van der Waals surface area contributed by atoms with E-state index in [-0.39, 0.29) is 41.4 Å². The topological polar surface area (TPSA) is 98.5 Å². The smallest absolute Gasteiger partial charge is 0.414 e. The molecule has 156 valence electrons. The molecule has 2 N–H and O–H groups in total. The molecule has 1 aliphatic heterocycles. The van der Waals surface area contributed by atoms with E-state index < -0.39 is 5.82 Å². The molecule has 8 nitrogen and oxygen atoms in total. The van der Waals surface area contributed by atoms with Crippen LogP contribution in [0.25, 0.3) is 0 Å². The van der Waals surface area contributed by atoms with Crippen molar-refractivity contribution in [2.24, 2.45) is 5.92 Å². The summed E-state index contributed by atoms with van der Waals surface area (Å²) >= 11 is 5.62. The Morgan fingerprint density at radius 3 is 2.86 bits per heavy atom. The van der Waals surface area contributed by atoms with E-state index in [0.29, 0.717) is 25.0 Å². The first-order valence-corrected chi connectivity index (χ1v) is 10.0. The van der Waals surface area contributed by atoms with Gasteiger partial charge in [0, 0.05) is 18.7 Å². The number of nitrogens with zero attached hydrogens (tertiary/aromatic N) is 2. The van der Waals surface area contributed by atoms with E-state index in [1.165, 1.54) is 25.0 Å². The average Bonchev–Trinajstić information content (AvgIpc) is 3.44. The van der Waals surface area contributed by atoms with Crippen molar-refractivity contribution in [3.05, 3.63) is 34.9 Å². The predicted molar refractivity (Wildman–Crippen MR) is 101 cm³/mol. The van der Waals surface area contributed by atoms with Crippen molar-refractivity contribution >= 4 is 17.5 Å². The van der Waals surface area contributed by atoms with Gasteiger partial charge in [-0.1, -0.05) is 16.7 Å². The van der Waals surface area contributed by atoms with Crippen LogP contribution >= 0.6 is 11.6 Å². The number of halogens is 2. The van der Waals surface area contributed by atoms with Gasteiger partial charge in [0.25, 0.3) is 5.91 Å². The summed E-state index contributed by atoms with van der Waals surface area (Å²) < 4.78 is 29.7. The Hall–Kier alpha value is -2.39. The summed E-state index contributed by atoms with van der Waals surface area (Å²) in [6.45, 7) is 0.984. The number of ether oxygens (including phenoxy) is 2. The lowest BCUT2D eigenvalue weighted by Gasteiger charge is -2.28. The van der Waals surface area contributed by atoms with Gasteiger partial charge in [0.15, 0.2) is 6.61 Å². The van der Waals surface area contributed by atoms with Gasteiger partial charge in [-0.15, -0.1) is 5.10 Å². The second-order valence-corrected chi connectivity index (χ2v) is 7.73. The Bertz CT molecular complexity index is 852. The third-order valence-corrected chi connectivity index (χ3v) is 5.21. The van der Waals surface area contributed by atoms with E-state index in [2.05, 4.69) is 20.8 Å². The van der Waals surface area contributed by atoms with E-state index in [1.807, 2.05) is 0 Å². The van der Waals surface area contributed by atoms with Gasteiger partial charge in [-0.25, -0.2) is 4.39 Å². The van der Waals surface area contributed by atoms with Crippen molar-refractivity contribution in [2.45, 2.75) is 37.8 Å². The monoisotopic (exact) mass is 424 g/mol. The molecule has 2 aliphatic rings. The molecule has 1 aromatic heterocycles. The number of aromatic nitrogens is 2. The largest absolute Gasteiger partial charge is 0.484 e. The Kier molecular flexibility index (Phi) is 6.15. The zero-order chi connectivity index (χ0) is 20.2. The minimum absolute atomic E-state index is 0.00693. The summed E-state index contributed by atoms with van der Waals surface area (Å²) in [7, 11) is 0. The van der Waals surface area contributed by atoms with E-state index >= 15 is 0 Å². The number of carbonyl (C=O) groups is 1. The van der Waals surface area contributed by atoms with Crippen molar-refractivity contribution < 1.29 is 23.1 Å². The van der Waals surface area contributed by atoms with Crippen LogP contribution in [0, 0.1) is 11.7 Å². The van der Waals surface area contributed by atoms with Crippen LogP contribution in [-0.4, -0.2) is 41.9 Å². The number of amides is 1. The van der Waals surface area contributed by atoms with Crippen LogP contribution < -0.4 is 20.1 Å². The second-order valence-electron chi connectivity index (χ2n) is 7.33. The van der Waals surface area contributed by atoms with Crippen molar-refractivity contribution in [1.29, 1.82) is 0 Å². The van der Waals surface area contributed by atoms with Crippen molar-refractivity contribution in [3.63, 3.8) is 0 Å². The highest BCUT2D eigenvalue weighted by molar-refractivity contribution is 6.30. The summed E-state index contributed by atoms with van der Waals surface area (Å²) in [5, 5.41) is 14.2. The standard InChI is InChI=1S/C19H22ClFN4O4/c20-14-5-4-13(7-15(14)21)27-10-17(26)23-12-3-6-16(22-8-12)18-24-25-19(29-18)28-9-11-1-2-11/h4-5,7,11-12,16,22H,1-3,6,8-10H2,(H,23,26)/t12-,16+/m0/s1. The molecular formula is C19H22ClFN4O4. The molecule has 10 heteroatoms. The molecule has 2 fully saturated rings. The van der Waals surface area contributed by atoms with Crippen molar-refractivity contribution in [3.8, 4) is 11.8 Å². The molecule has 4 rings (SSSR count). The Morgan fingerprint density at radius 1 is 1.28 bits per heavy atom. The maximum Gasteiger partial charge on any atom is 0.414 e. The summed E-state index contributed by atoms with van der Waals surface area (Å²) in [5.41, 5.74) is 0. The van der Waals surface area contributed by atoms with Crippen LogP contribution in [0.3, 0.4) is 0 Å². The number of rotatable bonds is 8.